The summed E-state index contributed by atoms with van der Waals surface area (Å²) in [5, 5.41) is 22.8. The highest BCUT2D eigenvalue weighted by molar-refractivity contribution is 5.97. The molecular formula is C51H70N14O9. The van der Waals surface area contributed by atoms with Crippen molar-refractivity contribution in [3.8, 4) is 0 Å². The van der Waals surface area contributed by atoms with Gasteiger partial charge in [0.2, 0.25) is 53.2 Å². The molecule has 0 saturated carbocycles. The molecule has 23 nitrogen and oxygen atoms in total. The fraction of sp³-hybridized carbons (Fsp3) is 0.431. The van der Waals surface area contributed by atoms with E-state index in [0.717, 1.165) is 29.3 Å². The van der Waals surface area contributed by atoms with E-state index < -0.39 is 96.0 Å². The summed E-state index contributed by atoms with van der Waals surface area (Å²) in [5.41, 5.74) is 17.6. The number of rotatable bonds is 17. The minimum atomic E-state index is -1.40. The first-order chi connectivity index (χ1) is 35.5. The molecule has 1 aromatic heterocycles. The maximum atomic E-state index is 14.2. The van der Waals surface area contributed by atoms with Gasteiger partial charge in [0.25, 0.3) is 0 Å². The first-order valence-electron chi connectivity index (χ1n) is 24.6. The van der Waals surface area contributed by atoms with Crippen molar-refractivity contribution in [3.05, 3.63) is 102 Å². The molecule has 3 aromatic carbocycles. The first-order valence-corrected chi connectivity index (χ1v) is 24.6. The normalized spacial score (nSPS) is 18.8. The largest absolute Gasteiger partial charge is 0.370 e. The first kappa shape index (κ1) is 58.2. The van der Waals surface area contributed by atoms with Gasteiger partial charge in [-0.05, 0) is 47.6 Å². The number of primary amides is 1. The highest BCUT2D eigenvalue weighted by Crippen LogP contribution is 2.20. The number of nitrogens with one attached hydrogen (secondary N) is 9. The standard InChI is InChI=1S/C47H59N11O9.C4H11N3/c1-3-4-17-34(53-28(2)59)44(64)55-35-18-19-40(60)50-21-20-36(46(66)56-37(42(48)62)23-31-15-10-14-30-13-8-9-16-33(30)31)54-41(61)26-51-43(63)38(22-29-11-6-5-7-12-29)57-47(67)39(58-45(35)65)24-32-25-49-27-52-32;1-2-3-7-4(5)6/h5-16,25,27,34-39H,3-4,17-24,26H2,1-2H3,(H2,48,62)(H,49,52)(H,50,60)(H,51,63)(H,53,59)(H,54,61)(H,55,64)(H,56,66)(H,57,67)(H,58,65);2-3H2,1H3,(H4,5,6,7)/t34-,35?,36?,37?,38?,39-;/m0./s1. The molecule has 74 heavy (non-hydrogen) atoms. The van der Waals surface area contributed by atoms with Gasteiger partial charge in [0, 0.05) is 57.6 Å². The molecular weight excluding hydrogens is 953 g/mol. The van der Waals surface area contributed by atoms with Crippen LogP contribution >= 0.6 is 0 Å². The van der Waals surface area contributed by atoms with Gasteiger partial charge in [0.1, 0.15) is 36.3 Å². The van der Waals surface area contributed by atoms with Crippen LogP contribution in [-0.2, 0) is 62.4 Å². The molecule has 398 valence electrons. The van der Waals surface area contributed by atoms with Crippen LogP contribution in [0.3, 0.4) is 0 Å². The molecule has 0 spiro atoms. The topological polar surface area (TPSA) is 369 Å². The van der Waals surface area contributed by atoms with Crippen LogP contribution in [-0.4, -0.2) is 125 Å². The number of hydrogen-bond donors (Lipinski definition) is 12. The van der Waals surface area contributed by atoms with E-state index in [4.69, 9.17) is 17.2 Å². The fourth-order valence-electron chi connectivity index (χ4n) is 7.84. The number of unbranched alkanes of at least 4 members (excludes halogenated alkanes) is 1. The van der Waals surface area contributed by atoms with Crippen LogP contribution in [0.1, 0.15) is 82.5 Å². The summed E-state index contributed by atoms with van der Waals surface area (Å²) in [6.45, 7) is 5.11. The second-order valence-electron chi connectivity index (χ2n) is 17.7. The van der Waals surface area contributed by atoms with Gasteiger partial charge in [0.15, 0.2) is 5.96 Å². The number of nitrogens with two attached hydrogens (primary N) is 3. The number of H-pyrrole nitrogens is 1. The smallest absolute Gasteiger partial charge is 0.243 e. The molecule has 6 atom stereocenters. The Hall–Kier alpha value is -8.37. The number of carbonyl (C=O) groups is 9. The lowest BCUT2D eigenvalue weighted by Gasteiger charge is -2.26. The van der Waals surface area contributed by atoms with E-state index in [1.165, 1.54) is 19.4 Å². The van der Waals surface area contributed by atoms with Crippen LogP contribution in [0.2, 0.25) is 0 Å². The maximum absolute atomic E-state index is 14.2. The van der Waals surface area contributed by atoms with Crippen molar-refractivity contribution in [3.63, 3.8) is 0 Å². The molecule has 4 unspecified atom stereocenters. The Balaban J connectivity index is 0.00000158. The number of carbonyl (C=O) groups excluding carboxylic acids is 9. The Morgan fingerprint density at radius 1 is 0.757 bits per heavy atom. The average molecular weight is 1020 g/mol. The molecule has 1 aliphatic heterocycles. The highest BCUT2D eigenvalue weighted by Gasteiger charge is 2.33. The van der Waals surface area contributed by atoms with Crippen LogP contribution in [0.4, 0.5) is 0 Å². The summed E-state index contributed by atoms with van der Waals surface area (Å²) < 4.78 is 0. The average Bonchev–Trinajstić information content (AvgIpc) is 3.89. The van der Waals surface area contributed by atoms with Crippen LogP contribution in [0.15, 0.2) is 90.3 Å². The zero-order valence-corrected chi connectivity index (χ0v) is 42.0. The second-order valence-corrected chi connectivity index (χ2v) is 17.7. The number of fused-ring (bicyclic) bond motifs is 1. The third kappa shape index (κ3) is 20.0. The molecule has 5 rings (SSSR count). The number of benzene rings is 3. The second kappa shape index (κ2) is 30.5. The molecule has 0 radical (unpaired) electrons. The van der Waals surface area contributed by atoms with Gasteiger partial charge < -0.3 is 64.7 Å². The summed E-state index contributed by atoms with van der Waals surface area (Å²) in [6, 6.07) is 14.2. The lowest BCUT2D eigenvalue weighted by Crippen LogP contribution is -2.59. The zero-order chi connectivity index (χ0) is 54.0. The van der Waals surface area contributed by atoms with Gasteiger partial charge in [-0.2, -0.15) is 0 Å². The van der Waals surface area contributed by atoms with Crippen molar-refractivity contribution in [2.75, 3.05) is 19.6 Å². The minimum Gasteiger partial charge on any atom is -0.370 e. The molecule has 23 heteroatoms. The fourth-order valence-corrected chi connectivity index (χ4v) is 7.84. The van der Waals surface area contributed by atoms with E-state index >= 15 is 0 Å². The van der Waals surface area contributed by atoms with E-state index in [-0.39, 0.29) is 57.5 Å². The van der Waals surface area contributed by atoms with Gasteiger partial charge in [-0.1, -0.05) is 99.5 Å². The Morgan fingerprint density at radius 2 is 1.46 bits per heavy atom. The predicted molar refractivity (Wildman–Crippen MR) is 277 cm³/mol. The molecule has 15 N–H and O–H groups in total. The number of amides is 9. The number of aromatic nitrogens is 2. The van der Waals surface area contributed by atoms with Crippen molar-refractivity contribution >= 4 is 69.9 Å². The lowest BCUT2D eigenvalue weighted by atomic mass is 9.98. The summed E-state index contributed by atoms with van der Waals surface area (Å²) in [7, 11) is 0. The summed E-state index contributed by atoms with van der Waals surface area (Å²) >= 11 is 0. The van der Waals surface area contributed by atoms with E-state index in [0.29, 0.717) is 24.1 Å². The van der Waals surface area contributed by atoms with Crippen LogP contribution in [0.25, 0.3) is 10.8 Å². The third-order valence-corrected chi connectivity index (χ3v) is 11.7. The SMILES string of the molecule is CCCC[C@H](NC(C)=O)C(=O)NC1CCC(=O)NCCC(C(=O)NC(Cc2cccc3ccccc23)C(N)=O)NC(=O)CNC(=O)C(Cc2ccccc2)NC(=O)[C@H](Cc2cnc[nH]2)NC1=O.CCCN=C(N)N. The van der Waals surface area contributed by atoms with Gasteiger partial charge in [-0.25, -0.2) is 4.98 Å². The number of imidazole rings is 1. The monoisotopic (exact) mass is 1020 g/mol. The van der Waals surface area contributed by atoms with Gasteiger partial charge in [0.05, 0.1) is 12.9 Å². The number of aliphatic imine (C=N–C) groups is 1. The number of nitrogens with zero attached hydrogens (tertiary/aromatic N) is 2. The Kier molecular flexibility index (Phi) is 24.0. The Bertz CT molecular complexity index is 2550. The van der Waals surface area contributed by atoms with Gasteiger partial charge >= 0.3 is 0 Å². The highest BCUT2D eigenvalue weighted by atomic mass is 16.2. The van der Waals surface area contributed by atoms with E-state index in [2.05, 4.69) is 57.5 Å². The molecule has 1 aliphatic rings. The van der Waals surface area contributed by atoms with E-state index in [9.17, 15) is 43.2 Å². The Morgan fingerprint density at radius 3 is 2.12 bits per heavy atom. The zero-order valence-electron chi connectivity index (χ0n) is 42.0. The van der Waals surface area contributed by atoms with E-state index in [1.54, 1.807) is 30.3 Å². The van der Waals surface area contributed by atoms with Crippen LogP contribution < -0.4 is 59.7 Å². The molecule has 1 fully saturated rings. The molecule has 1 saturated heterocycles. The molecule has 4 aromatic rings. The van der Waals surface area contributed by atoms with Crippen LogP contribution in [0.5, 0.6) is 0 Å². The number of guanidine groups is 1. The quantitative estimate of drug-likeness (QED) is 0.0461. The maximum Gasteiger partial charge on any atom is 0.243 e. The molecule has 2 heterocycles. The summed E-state index contributed by atoms with van der Waals surface area (Å²) in [5.74, 6) is -6.39. The van der Waals surface area contributed by atoms with Crippen molar-refractivity contribution in [1.82, 2.24) is 52.5 Å². The minimum absolute atomic E-state index is 0.0304. The van der Waals surface area contributed by atoms with Crippen molar-refractivity contribution < 1.29 is 43.2 Å². The van der Waals surface area contributed by atoms with E-state index in [1.807, 2.05) is 56.3 Å². The summed E-state index contributed by atoms with van der Waals surface area (Å²) in [4.78, 5) is 132. The number of hydrogen-bond acceptors (Lipinski definition) is 11. The number of aromatic amines is 1. The van der Waals surface area contributed by atoms with Crippen molar-refractivity contribution in [2.24, 2.45) is 22.2 Å². The lowest BCUT2D eigenvalue weighted by molar-refractivity contribution is -0.135. The predicted octanol–water partition coefficient (Wildman–Crippen LogP) is -0.719. The van der Waals surface area contributed by atoms with Gasteiger partial charge in [-0.15, -0.1) is 0 Å². The summed E-state index contributed by atoms with van der Waals surface area (Å²) in [6.07, 6.45) is 4.47. The molecule has 9 amide bonds. The van der Waals surface area contributed by atoms with Crippen LogP contribution in [0, 0.1) is 0 Å². The molecule has 0 bridgehead atoms. The molecule has 0 aliphatic carbocycles. The van der Waals surface area contributed by atoms with Crippen molar-refractivity contribution in [1.29, 1.82) is 0 Å². The van der Waals surface area contributed by atoms with Crippen molar-refractivity contribution in [2.45, 2.75) is 121 Å². The van der Waals surface area contributed by atoms with Gasteiger partial charge in [-0.3, -0.25) is 48.1 Å². The Labute approximate surface area is 429 Å². The third-order valence-electron chi connectivity index (χ3n) is 11.7.